The number of ether oxygens (including phenoxy) is 2. The van der Waals surface area contributed by atoms with E-state index in [2.05, 4.69) is 267 Å². The van der Waals surface area contributed by atoms with Crippen molar-refractivity contribution in [1.82, 2.24) is 10.2 Å². The zero-order valence-electron chi connectivity index (χ0n) is 45.9. The monoisotopic (exact) mass is 1080 g/mol. The van der Waals surface area contributed by atoms with Gasteiger partial charge in [-0.25, -0.2) is 0 Å². The highest BCUT2D eigenvalue weighted by Crippen LogP contribution is 2.62. The number of methoxy groups -OCH3 is 1. The molecule has 0 aliphatic rings. The fraction of sp³-hybridized carbons (Fsp3) is 0.151. The molecule has 1 unspecified atom stereocenters. The van der Waals surface area contributed by atoms with Crippen molar-refractivity contribution in [3.63, 3.8) is 0 Å². The Bertz CT molecular complexity index is 3500. The van der Waals surface area contributed by atoms with Gasteiger partial charge in [0.2, 0.25) is 11.8 Å². The van der Waals surface area contributed by atoms with Crippen LogP contribution < -0.4 is 41.3 Å². The molecule has 0 aliphatic carbocycles. The van der Waals surface area contributed by atoms with E-state index >= 15 is 0 Å². The van der Waals surface area contributed by atoms with Gasteiger partial charge in [-0.05, 0) is 179 Å². The van der Waals surface area contributed by atoms with E-state index in [0.717, 1.165) is 59.1 Å². The molecule has 0 saturated heterocycles. The minimum atomic E-state index is -2.40. The number of rotatable bonds is 22. The van der Waals surface area contributed by atoms with Crippen LogP contribution >= 0.6 is 14.5 Å². The lowest BCUT2D eigenvalue weighted by Crippen LogP contribution is -2.33. The van der Waals surface area contributed by atoms with Crippen molar-refractivity contribution in [1.29, 1.82) is 0 Å². The van der Waals surface area contributed by atoms with Crippen LogP contribution in [-0.2, 0) is 12.3 Å². The summed E-state index contributed by atoms with van der Waals surface area (Å²) in [6.45, 7) is 5.21. The predicted octanol–water partition coefficient (Wildman–Crippen LogP) is 16.3. The number of benzene rings is 10. The zero-order valence-corrected chi connectivity index (χ0v) is 47.7. The van der Waals surface area contributed by atoms with Crippen molar-refractivity contribution in [2.75, 3.05) is 13.7 Å². The lowest BCUT2D eigenvalue weighted by Gasteiger charge is -2.31. The Balaban J connectivity index is 1.09. The van der Waals surface area contributed by atoms with Gasteiger partial charge in [0.25, 0.3) is 0 Å². The van der Waals surface area contributed by atoms with Crippen LogP contribution in [0.15, 0.2) is 271 Å². The molecule has 11 rings (SSSR count). The lowest BCUT2D eigenvalue weighted by molar-refractivity contribution is 0.233. The third-order valence-corrected chi connectivity index (χ3v) is 24.4. The van der Waals surface area contributed by atoms with Gasteiger partial charge in [-0.3, -0.25) is 0 Å². The molecule has 5 nitrogen and oxygen atoms in total. The first-order valence-electron chi connectivity index (χ1n) is 28.1. The molecule has 0 aliphatic heterocycles. The Labute approximate surface area is 474 Å². The second-order valence-corrected chi connectivity index (χ2v) is 27.6. The smallest absolute Gasteiger partial charge is 0.248 e. The fourth-order valence-electron chi connectivity index (χ4n) is 11.4. The molecule has 0 spiro atoms. The molecule has 1 heterocycles. The maximum Gasteiger partial charge on any atom is 0.248 e. The second-order valence-electron chi connectivity index (χ2n) is 20.6. The van der Waals surface area contributed by atoms with Crippen LogP contribution in [0, 0.1) is 5.92 Å². The summed E-state index contributed by atoms with van der Waals surface area (Å²) in [5, 5.41) is 17.1. The molecule has 7 heteroatoms. The highest BCUT2D eigenvalue weighted by atomic mass is 31.2. The molecule has 10 aromatic carbocycles. The van der Waals surface area contributed by atoms with Gasteiger partial charge >= 0.3 is 0 Å². The van der Waals surface area contributed by atoms with E-state index in [-0.39, 0.29) is 0 Å². The predicted molar refractivity (Wildman–Crippen MR) is 339 cm³/mol. The number of unbranched alkanes of at least 4 members (excludes halogenated alkanes) is 1. The molecule has 11 aromatic rings. The summed E-state index contributed by atoms with van der Waals surface area (Å²) in [7, 11) is -3.05. The molecule has 1 aromatic heterocycles. The molecule has 0 fully saturated rings. The van der Waals surface area contributed by atoms with Gasteiger partial charge in [-0.15, -0.1) is 10.2 Å². The van der Waals surface area contributed by atoms with E-state index in [9.17, 15) is 0 Å². The summed E-state index contributed by atoms with van der Waals surface area (Å²) in [4.78, 5) is 0. The van der Waals surface area contributed by atoms with Crippen LogP contribution in [0.5, 0.6) is 11.5 Å². The molecule has 0 N–H and O–H groups in total. The van der Waals surface area contributed by atoms with Crippen molar-refractivity contribution < 1.29 is 13.9 Å². The highest BCUT2D eigenvalue weighted by molar-refractivity contribution is 7.95. The van der Waals surface area contributed by atoms with E-state index in [1.165, 1.54) is 73.3 Å². The summed E-state index contributed by atoms with van der Waals surface area (Å²) in [6.07, 6.45) is 6.29. The number of nitrogens with zero attached hydrogens (tertiary/aromatic N) is 2. The zero-order chi connectivity index (χ0) is 54.6. The molecule has 1 atom stereocenters. The van der Waals surface area contributed by atoms with Crippen molar-refractivity contribution in [2.45, 2.75) is 51.9 Å². The van der Waals surface area contributed by atoms with Gasteiger partial charge in [-0.2, -0.15) is 0 Å². The molecule has 0 saturated carbocycles. The number of aromatic nitrogens is 2. The minimum Gasteiger partial charge on any atom is -0.497 e. The summed E-state index contributed by atoms with van der Waals surface area (Å²) in [5.41, 5.74) is 8.87. The third-order valence-electron chi connectivity index (χ3n) is 15.7. The van der Waals surface area contributed by atoms with Crippen molar-refractivity contribution in [3.8, 4) is 56.7 Å². The van der Waals surface area contributed by atoms with Crippen LogP contribution in [-0.4, -0.2) is 23.9 Å². The molecule has 0 bridgehead atoms. The Kier molecular flexibility index (Phi) is 17.0. The van der Waals surface area contributed by atoms with Gasteiger partial charge in [0, 0.05) is 11.1 Å². The molecule has 80 heavy (non-hydrogen) atoms. The van der Waals surface area contributed by atoms with Crippen LogP contribution in [0.4, 0.5) is 0 Å². The van der Waals surface area contributed by atoms with Crippen LogP contribution in [0.25, 0.3) is 45.2 Å². The summed E-state index contributed by atoms with van der Waals surface area (Å²) >= 11 is 0. The van der Waals surface area contributed by atoms with Gasteiger partial charge in [0.15, 0.2) is 0 Å². The first kappa shape index (κ1) is 53.8. The largest absolute Gasteiger partial charge is 0.497 e. The summed E-state index contributed by atoms with van der Waals surface area (Å²) in [5.74, 6) is 3.16. The van der Waals surface area contributed by atoms with Gasteiger partial charge < -0.3 is 13.9 Å². The average Bonchev–Trinajstić information content (AvgIpc) is 4.09. The Morgan fingerprint density at radius 2 is 0.725 bits per heavy atom. The van der Waals surface area contributed by atoms with E-state index in [1.54, 1.807) is 7.11 Å². The lowest BCUT2D eigenvalue weighted by atomic mass is 9.91. The molecular formula is C73H68N2O3P2+2. The summed E-state index contributed by atoms with van der Waals surface area (Å²) in [6, 6.07) is 97.8. The van der Waals surface area contributed by atoms with Crippen molar-refractivity contribution >= 4 is 46.4 Å². The normalized spacial score (nSPS) is 12.0. The van der Waals surface area contributed by atoms with Crippen LogP contribution in [0.2, 0.25) is 0 Å². The van der Waals surface area contributed by atoms with Crippen molar-refractivity contribution in [3.05, 3.63) is 278 Å². The summed E-state index contributed by atoms with van der Waals surface area (Å²) < 4.78 is 18.5. The Morgan fingerprint density at radius 1 is 0.400 bits per heavy atom. The first-order valence-corrected chi connectivity index (χ1v) is 32.0. The SMILES string of the molecule is CCCCC(CC)COc1ccc(-c2nnc(-c3ccc(-c4cc(C[P+](c5ccccc5)(c5ccccc5)c5ccccc5)c(-c5ccc(OC)cc5)cc4C[P+](c4ccccc4)(c4ccccc4)c4ccccc4)cc3)o2)cc1. The van der Waals surface area contributed by atoms with Crippen LogP contribution in [0.3, 0.4) is 0 Å². The molecular weight excluding hydrogens is 1010 g/mol. The maximum absolute atomic E-state index is 6.46. The van der Waals surface area contributed by atoms with E-state index < -0.39 is 14.5 Å². The fourth-order valence-corrected chi connectivity index (χ4v) is 19.9. The topological polar surface area (TPSA) is 57.4 Å². The standard InChI is InChI=1S/C73H68N2O3P2/c1-4-6-25-55(5-2)52-77-63-48-44-59(45-49-63)73-75-74-72(78-73)58-40-38-56(39-41-58)70-50-61(54-80(67-32-19-10-20-33-67,68-34-21-11-22-35-68)69-36-23-12-24-37-69)71(57-42-46-62(76-3)47-43-57)51-60(70)53-79(64-26-13-7-14-27-64,65-28-15-8-16-29-65)66-30-17-9-18-31-66/h7-24,26-51,55H,4-6,25,52-54H2,1-3H3/q+2. The van der Waals surface area contributed by atoms with E-state index in [1.807, 2.05) is 24.3 Å². The quantitative estimate of drug-likeness (QED) is 0.0633. The minimum absolute atomic E-state index is 0.467. The number of hydrogen-bond donors (Lipinski definition) is 0. The van der Waals surface area contributed by atoms with Crippen LogP contribution in [0.1, 0.15) is 50.7 Å². The van der Waals surface area contributed by atoms with E-state index in [4.69, 9.17) is 13.9 Å². The van der Waals surface area contributed by atoms with Gasteiger partial charge in [0.1, 0.15) is 57.9 Å². The van der Waals surface area contributed by atoms with E-state index in [0.29, 0.717) is 17.7 Å². The molecule has 0 radical (unpaired) electrons. The molecule has 0 amide bonds. The van der Waals surface area contributed by atoms with Gasteiger partial charge in [0.05, 0.1) is 26.0 Å². The second kappa shape index (κ2) is 25.3. The average molecular weight is 1080 g/mol. The van der Waals surface area contributed by atoms with Gasteiger partial charge in [-0.1, -0.05) is 167 Å². The Hall–Kier alpha value is -8.20. The maximum atomic E-state index is 6.46. The highest BCUT2D eigenvalue weighted by Gasteiger charge is 2.48. The first-order chi connectivity index (χ1) is 39.5. The van der Waals surface area contributed by atoms with Crippen molar-refractivity contribution in [2.24, 2.45) is 5.92 Å². The third kappa shape index (κ3) is 11.5. The Morgan fingerprint density at radius 3 is 1.06 bits per heavy atom. The molecule has 396 valence electrons. The number of hydrogen-bond acceptors (Lipinski definition) is 5.